The minimum Gasteiger partial charge on any atom is -0.494 e. The molecule has 0 heterocycles. The molecule has 0 aromatic heterocycles. The Morgan fingerprint density at radius 1 is 0.449 bits per heavy atom. The third kappa shape index (κ3) is 16.5. The van der Waals surface area contributed by atoms with E-state index in [1.165, 1.54) is 0 Å². The van der Waals surface area contributed by atoms with Gasteiger partial charge in [0.1, 0.15) is 23.7 Å². The first-order valence-corrected chi connectivity index (χ1v) is 19.0. The average molecular weight is 683 g/mol. The van der Waals surface area contributed by atoms with Gasteiger partial charge in [0.05, 0.1) is 26.4 Å². The molecule has 7 heteroatoms. The number of hydrogen-bond acceptors (Lipinski definition) is 7. The maximum absolute atomic E-state index is 6.50. The zero-order chi connectivity index (χ0) is 35.4. The molecule has 0 aliphatic carbocycles. The van der Waals surface area contributed by atoms with Gasteiger partial charge in [0, 0.05) is 12.8 Å². The molecule has 0 fully saturated rings. The normalized spacial score (nSPS) is 13.7. The van der Waals surface area contributed by atoms with Crippen molar-refractivity contribution in [2.75, 3.05) is 40.0 Å². The monoisotopic (exact) mass is 682 g/mol. The lowest BCUT2D eigenvalue weighted by Gasteiger charge is -2.26. The number of hydrogen-bond donors (Lipinski definition) is 0. The van der Waals surface area contributed by atoms with Crippen molar-refractivity contribution < 1.29 is 33.2 Å². The first-order valence-electron chi connectivity index (χ1n) is 19.0. The maximum Gasteiger partial charge on any atom is 0.167 e. The first-order chi connectivity index (χ1) is 24.1. The van der Waals surface area contributed by atoms with Gasteiger partial charge in [0.25, 0.3) is 0 Å². The molecule has 0 aliphatic heterocycles. The summed E-state index contributed by atoms with van der Waals surface area (Å²) in [4.78, 5) is 0. The number of allylic oxidation sites excluding steroid dienone is 2. The van der Waals surface area contributed by atoms with Crippen LogP contribution in [0.3, 0.4) is 0 Å². The molecule has 7 nitrogen and oxygen atoms in total. The van der Waals surface area contributed by atoms with Crippen molar-refractivity contribution in [1.82, 2.24) is 0 Å². The van der Waals surface area contributed by atoms with Gasteiger partial charge < -0.3 is 33.2 Å². The summed E-state index contributed by atoms with van der Waals surface area (Å²) in [5.74, 6) is 3.19. The lowest BCUT2D eigenvalue weighted by atomic mass is 10.0. The average Bonchev–Trinajstić information content (AvgIpc) is 3.14. The van der Waals surface area contributed by atoms with Crippen molar-refractivity contribution in [3.05, 3.63) is 94.8 Å². The van der Waals surface area contributed by atoms with Crippen LogP contribution in [-0.4, -0.2) is 40.0 Å². The van der Waals surface area contributed by atoms with Crippen LogP contribution in [0.5, 0.6) is 0 Å². The molecule has 0 N–H and O–H groups in total. The zero-order valence-corrected chi connectivity index (χ0v) is 31.5. The fourth-order valence-corrected chi connectivity index (χ4v) is 5.25. The lowest BCUT2D eigenvalue weighted by Crippen LogP contribution is -2.19. The smallest absolute Gasteiger partial charge is 0.167 e. The molecule has 0 spiro atoms. The highest BCUT2D eigenvalue weighted by Gasteiger charge is 2.27. The van der Waals surface area contributed by atoms with Crippen LogP contribution in [-0.2, 0) is 33.2 Å². The van der Waals surface area contributed by atoms with Gasteiger partial charge in [0.15, 0.2) is 25.1 Å². The van der Waals surface area contributed by atoms with Gasteiger partial charge in [-0.05, 0) is 49.7 Å². The highest BCUT2D eigenvalue weighted by molar-refractivity contribution is 5.27. The number of rotatable bonds is 30. The standard InChI is InChI=1S/C42H66O7/c1-7-13-17-27-37(44-29-9-3)41(46-31-11-5)39(35-23-19-15-20-24-35)48-33-43-34-49-40(36-25-21-16-22-26-36)42(47-32-12-6)38(45-30-10-4)28-18-14-8-2/h15-16,19-26,39-40H,7-14,17-18,27-34H2,1-6H3. The van der Waals surface area contributed by atoms with E-state index >= 15 is 0 Å². The van der Waals surface area contributed by atoms with Crippen molar-refractivity contribution in [2.24, 2.45) is 0 Å². The molecule has 49 heavy (non-hydrogen) atoms. The van der Waals surface area contributed by atoms with E-state index in [2.05, 4.69) is 65.8 Å². The van der Waals surface area contributed by atoms with E-state index in [1.54, 1.807) is 0 Å². The van der Waals surface area contributed by atoms with E-state index in [-0.39, 0.29) is 13.6 Å². The molecule has 0 saturated carbocycles. The van der Waals surface area contributed by atoms with Crippen molar-refractivity contribution in [1.29, 1.82) is 0 Å². The molecule has 2 aromatic carbocycles. The molecule has 0 aliphatic rings. The topological polar surface area (TPSA) is 64.6 Å². The third-order valence-electron chi connectivity index (χ3n) is 7.77. The second-order valence-corrected chi connectivity index (χ2v) is 12.2. The second-order valence-electron chi connectivity index (χ2n) is 12.2. The quantitative estimate of drug-likeness (QED) is 0.0461. The largest absolute Gasteiger partial charge is 0.494 e. The molecule has 0 radical (unpaired) electrons. The van der Waals surface area contributed by atoms with E-state index in [0.29, 0.717) is 26.4 Å². The summed E-state index contributed by atoms with van der Waals surface area (Å²) in [6.07, 6.45) is 10.8. The molecule has 2 atom stereocenters. The SMILES string of the molecule is CCCCCC(OCCC)=C(OCCC)C(OCOCOC(C(OCCC)=C(CCCCC)OCCC)c1ccccc1)c1ccccc1. The van der Waals surface area contributed by atoms with Crippen molar-refractivity contribution in [3.8, 4) is 0 Å². The predicted octanol–water partition coefficient (Wildman–Crippen LogP) is 11.7. The van der Waals surface area contributed by atoms with E-state index < -0.39 is 12.2 Å². The van der Waals surface area contributed by atoms with Gasteiger partial charge in [-0.3, -0.25) is 0 Å². The summed E-state index contributed by atoms with van der Waals surface area (Å²) in [6, 6.07) is 20.3. The summed E-state index contributed by atoms with van der Waals surface area (Å²) in [7, 11) is 0. The van der Waals surface area contributed by atoms with Gasteiger partial charge >= 0.3 is 0 Å². The molecule has 2 aromatic rings. The van der Waals surface area contributed by atoms with Crippen LogP contribution in [0.4, 0.5) is 0 Å². The Hall–Kier alpha value is -3.00. The van der Waals surface area contributed by atoms with Crippen LogP contribution in [0.1, 0.15) is 142 Å². The minimum absolute atomic E-state index is 0.000625. The van der Waals surface area contributed by atoms with Crippen molar-refractivity contribution >= 4 is 0 Å². The van der Waals surface area contributed by atoms with Crippen molar-refractivity contribution in [3.63, 3.8) is 0 Å². The van der Waals surface area contributed by atoms with E-state index in [9.17, 15) is 0 Å². The van der Waals surface area contributed by atoms with Crippen LogP contribution < -0.4 is 0 Å². The van der Waals surface area contributed by atoms with Crippen LogP contribution in [0.25, 0.3) is 0 Å². The minimum atomic E-state index is -0.484. The lowest BCUT2D eigenvalue weighted by molar-refractivity contribution is -0.167. The Kier molecular flexibility index (Phi) is 23.9. The molecule has 0 saturated heterocycles. The first kappa shape index (κ1) is 42.2. The third-order valence-corrected chi connectivity index (χ3v) is 7.77. The molecule has 2 rings (SSSR count). The molecular weight excluding hydrogens is 616 g/mol. The van der Waals surface area contributed by atoms with Crippen LogP contribution in [0, 0.1) is 0 Å². The van der Waals surface area contributed by atoms with E-state index in [0.717, 1.165) is 111 Å². The molecule has 0 amide bonds. The summed E-state index contributed by atoms with van der Waals surface area (Å²) in [6.45, 7) is 15.3. The summed E-state index contributed by atoms with van der Waals surface area (Å²) in [5.41, 5.74) is 1.97. The number of benzene rings is 2. The highest BCUT2D eigenvalue weighted by Crippen LogP contribution is 2.34. The molecule has 276 valence electrons. The summed E-state index contributed by atoms with van der Waals surface area (Å²) >= 11 is 0. The molecule has 0 bridgehead atoms. The fraction of sp³-hybridized carbons (Fsp3) is 0.619. The van der Waals surface area contributed by atoms with Gasteiger partial charge in [0.2, 0.25) is 0 Å². The summed E-state index contributed by atoms with van der Waals surface area (Å²) < 4.78 is 44.6. The zero-order valence-electron chi connectivity index (χ0n) is 31.5. The summed E-state index contributed by atoms with van der Waals surface area (Å²) in [5, 5.41) is 0. The highest BCUT2D eigenvalue weighted by atomic mass is 16.7. The Bertz CT molecular complexity index is 1040. The van der Waals surface area contributed by atoms with Gasteiger partial charge in [-0.2, -0.15) is 0 Å². The van der Waals surface area contributed by atoms with Crippen LogP contribution in [0.2, 0.25) is 0 Å². The fourth-order valence-electron chi connectivity index (χ4n) is 5.25. The Morgan fingerprint density at radius 3 is 1.16 bits per heavy atom. The van der Waals surface area contributed by atoms with Crippen molar-refractivity contribution in [2.45, 2.75) is 131 Å². The van der Waals surface area contributed by atoms with Gasteiger partial charge in [-0.15, -0.1) is 0 Å². The molecule has 2 unspecified atom stereocenters. The Morgan fingerprint density at radius 2 is 0.816 bits per heavy atom. The number of unbranched alkanes of at least 4 members (excludes halogenated alkanes) is 4. The van der Waals surface area contributed by atoms with Crippen LogP contribution in [0.15, 0.2) is 83.7 Å². The Balaban J connectivity index is 2.35. The van der Waals surface area contributed by atoms with Gasteiger partial charge in [-0.25, -0.2) is 0 Å². The number of ether oxygens (including phenoxy) is 7. The van der Waals surface area contributed by atoms with E-state index in [4.69, 9.17) is 33.2 Å². The Labute approximate surface area is 298 Å². The van der Waals surface area contributed by atoms with E-state index in [1.807, 2.05) is 36.4 Å². The van der Waals surface area contributed by atoms with Gasteiger partial charge in [-0.1, -0.05) is 128 Å². The predicted molar refractivity (Wildman–Crippen MR) is 199 cm³/mol. The molecular formula is C42H66O7. The van der Waals surface area contributed by atoms with Crippen LogP contribution >= 0.6 is 0 Å². The second kappa shape index (κ2) is 27.8. The maximum atomic E-state index is 6.50.